The van der Waals surface area contributed by atoms with Crippen LogP contribution in [0.1, 0.15) is 6.92 Å². The lowest BCUT2D eigenvalue weighted by atomic mass is 10.0. The van der Waals surface area contributed by atoms with E-state index in [1.807, 2.05) is 0 Å². The van der Waals surface area contributed by atoms with E-state index in [-0.39, 0.29) is 23.8 Å². The summed E-state index contributed by atoms with van der Waals surface area (Å²) in [7, 11) is -3.10. The first-order valence-electron chi connectivity index (χ1n) is 4.65. The van der Waals surface area contributed by atoms with Crippen LogP contribution in [-0.2, 0) is 24.2 Å². The number of hydrogen-bond donors (Lipinski definition) is 0. The molecule has 0 aliphatic carbocycles. The van der Waals surface area contributed by atoms with Gasteiger partial charge in [-0.25, -0.2) is 13.2 Å². The van der Waals surface area contributed by atoms with Crippen LogP contribution < -0.4 is 0 Å². The van der Waals surface area contributed by atoms with Crippen molar-refractivity contribution in [3.05, 3.63) is 0 Å². The normalized spacial score (nSPS) is 31.7. The van der Waals surface area contributed by atoms with Gasteiger partial charge in [0.25, 0.3) is 0 Å². The first-order valence-corrected chi connectivity index (χ1v) is 6.47. The minimum absolute atomic E-state index is 0.0654. The molecule has 0 spiro atoms. The van der Waals surface area contributed by atoms with E-state index in [0.29, 0.717) is 0 Å². The van der Waals surface area contributed by atoms with Crippen LogP contribution in [0, 0.1) is 5.92 Å². The number of carbonyl (C=O) groups excluding carboxylic acids is 1. The molecule has 1 fully saturated rings. The van der Waals surface area contributed by atoms with Crippen molar-refractivity contribution in [2.45, 2.75) is 13.0 Å². The lowest BCUT2D eigenvalue weighted by molar-refractivity contribution is -0.135. The van der Waals surface area contributed by atoms with Crippen LogP contribution in [-0.4, -0.2) is 44.3 Å². The lowest BCUT2D eigenvalue weighted by Crippen LogP contribution is -2.28. The van der Waals surface area contributed by atoms with Gasteiger partial charge in [0.15, 0.2) is 21.7 Å². The molecule has 0 N–H and O–H groups in total. The highest BCUT2D eigenvalue weighted by Gasteiger charge is 2.48. The Balaban J connectivity index is 2.14. The van der Waals surface area contributed by atoms with E-state index in [2.05, 4.69) is 5.16 Å². The maximum absolute atomic E-state index is 11.4. The van der Waals surface area contributed by atoms with Crippen molar-refractivity contribution >= 4 is 21.5 Å². The van der Waals surface area contributed by atoms with Gasteiger partial charge in [0.2, 0.25) is 0 Å². The summed E-state index contributed by atoms with van der Waals surface area (Å²) < 4.78 is 27.3. The molecule has 15 heavy (non-hydrogen) atoms. The average Bonchev–Trinajstić information content (AvgIpc) is 2.59. The molecule has 0 radical (unpaired) electrons. The fourth-order valence-electron chi connectivity index (χ4n) is 1.76. The van der Waals surface area contributed by atoms with Gasteiger partial charge < -0.3 is 9.57 Å². The topological polar surface area (TPSA) is 82.0 Å². The summed E-state index contributed by atoms with van der Waals surface area (Å²) in [6.45, 7) is 1.92. The van der Waals surface area contributed by atoms with Gasteiger partial charge in [0.1, 0.15) is 0 Å². The highest BCUT2D eigenvalue weighted by atomic mass is 32.2. The van der Waals surface area contributed by atoms with Crippen molar-refractivity contribution in [3.63, 3.8) is 0 Å². The van der Waals surface area contributed by atoms with Crippen LogP contribution in [0.15, 0.2) is 5.16 Å². The largest absolute Gasteiger partial charge is 0.461 e. The zero-order valence-corrected chi connectivity index (χ0v) is 8.99. The van der Waals surface area contributed by atoms with Crippen LogP contribution in [0.3, 0.4) is 0 Å². The van der Waals surface area contributed by atoms with Gasteiger partial charge in [-0.2, -0.15) is 0 Å². The second-order valence-corrected chi connectivity index (χ2v) is 5.68. The third kappa shape index (κ3) is 1.83. The van der Waals surface area contributed by atoms with E-state index in [4.69, 9.17) is 9.57 Å². The maximum atomic E-state index is 11.4. The molecule has 0 bridgehead atoms. The highest BCUT2D eigenvalue weighted by molar-refractivity contribution is 7.91. The molecule has 84 valence electrons. The molecule has 0 aromatic carbocycles. The van der Waals surface area contributed by atoms with Crippen molar-refractivity contribution in [3.8, 4) is 0 Å². The van der Waals surface area contributed by atoms with Crippen LogP contribution >= 0.6 is 0 Å². The molecule has 2 aliphatic rings. The molecule has 0 amide bonds. The first-order chi connectivity index (χ1) is 7.03. The van der Waals surface area contributed by atoms with Crippen molar-refractivity contribution in [1.29, 1.82) is 0 Å². The standard InChI is InChI=1S/C8H11NO5S/c1-2-13-8(10)7-5-3-15(11,12)4-6(5)14-9-7/h5-6H,2-4H2,1H3. The van der Waals surface area contributed by atoms with Crippen LogP contribution in [0.4, 0.5) is 0 Å². The molecule has 0 saturated carbocycles. The summed E-state index contributed by atoms with van der Waals surface area (Å²) in [6, 6.07) is 0. The van der Waals surface area contributed by atoms with E-state index >= 15 is 0 Å². The average molecular weight is 233 g/mol. The molecule has 2 unspecified atom stereocenters. The summed E-state index contributed by atoms with van der Waals surface area (Å²) in [5.74, 6) is -1.17. The molecule has 6 nitrogen and oxygen atoms in total. The summed E-state index contributed by atoms with van der Waals surface area (Å²) in [4.78, 5) is 16.3. The number of sulfone groups is 1. The Labute approximate surface area is 87.1 Å². The number of oxime groups is 1. The number of hydrogen-bond acceptors (Lipinski definition) is 6. The molecule has 0 aromatic heterocycles. The van der Waals surface area contributed by atoms with Gasteiger partial charge in [-0.3, -0.25) is 0 Å². The van der Waals surface area contributed by atoms with Gasteiger partial charge in [0, 0.05) is 0 Å². The molecule has 2 aliphatic heterocycles. The van der Waals surface area contributed by atoms with Crippen molar-refractivity contribution in [2.24, 2.45) is 11.1 Å². The molecule has 1 saturated heterocycles. The Morgan fingerprint density at radius 3 is 3.00 bits per heavy atom. The third-order valence-corrected chi connectivity index (χ3v) is 4.13. The number of nitrogens with zero attached hydrogens (tertiary/aromatic N) is 1. The zero-order valence-electron chi connectivity index (χ0n) is 8.17. The predicted molar refractivity (Wildman–Crippen MR) is 51.1 cm³/mol. The van der Waals surface area contributed by atoms with E-state index < -0.39 is 27.8 Å². The Morgan fingerprint density at radius 2 is 2.33 bits per heavy atom. The van der Waals surface area contributed by atoms with Gasteiger partial charge in [-0.05, 0) is 6.92 Å². The Morgan fingerprint density at radius 1 is 1.60 bits per heavy atom. The molecule has 2 heterocycles. The van der Waals surface area contributed by atoms with Gasteiger partial charge in [-0.15, -0.1) is 0 Å². The number of ether oxygens (including phenoxy) is 1. The highest BCUT2D eigenvalue weighted by Crippen LogP contribution is 2.29. The number of rotatable bonds is 2. The fraction of sp³-hybridized carbons (Fsp3) is 0.750. The number of fused-ring (bicyclic) bond motifs is 1. The van der Waals surface area contributed by atoms with Gasteiger partial charge in [0.05, 0.1) is 24.0 Å². The number of esters is 1. The summed E-state index contributed by atoms with van der Waals surface area (Å²) in [5.41, 5.74) is 0.0999. The SMILES string of the molecule is CCOC(=O)C1=NOC2CS(=O)(=O)CC12. The van der Waals surface area contributed by atoms with Crippen molar-refractivity contribution in [2.75, 3.05) is 18.1 Å². The summed E-state index contributed by atoms with van der Waals surface area (Å²) in [6.07, 6.45) is -0.505. The predicted octanol–water partition coefficient (Wildman–Crippen LogP) is -0.651. The van der Waals surface area contributed by atoms with Crippen LogP contribution in [0.2, 0.25) is 0 Å². The molecule has 2 atom stereocenters. The monoisotopic (exact) mass is 233 g/mol. The quantitative estimate of drug-likeness (QED) is 0.592. The lowest BCUT2D eigenvalue weighted by Gasteiger charge is -2.05. The van der Waals surface area contributed by atoms with Crippen molar-refractivity contribution in [1.82, 2.24) is 0 Å². The van der Waals surface area contributed by atoms with Crippen LogP contribution in [0.25, 0.3) is 0 Å². The van der Waals surface area contributed by atoms with E-state index in [9.17, 15) is 13.2 Å². The molecule has 7 heteroatoms. The first kappa shape index (κ1) is 10.4. The van der Waals surface area contributed by atoms with E-state index in [1.165, 1.54) is 0 Å². The summed E-state index contributed by atoms with van der Waals surface area (Å²) >= 11 is 0. The van der Waals surface area contributed by atoms with Crippen LogP contribution in [0.5, 0.6) is 0 Å². The fourth-order valence-corrected chi connectivity index (χ4v) is 3.61. The molecular formula is C8H11NO5S. The minimum Gasteiger partial charge on any atom is -0.461 e. The molecular weight excluding hydrogens is 222 g/mol. The zero-order chi connectivity index (χ0) is 11.1. The van der Waals surface area contributed by atoms with Gasteiger partial charge >= 0.3 is 5.97 Å². The second-order valence-electron chi connectivity index (χ2n) is 3.52. The Kier molecular flexibility index (Phi) is 2.41. The molecule has 0 aromatic rings. The smallest absolute Gasteiger partial charge is 0.356 e. The molecule has 2 rings (SSSR count). The van der Waals surface area contributed by atoms with E-state index in [1.54, 1.807) is 6.92 Å². The Hall–Kier alpha value is -1.11. The van der Waals surface area contributed by atoms with Gasteiger partial charge in [-0.1, -0.05) is 5.16 Å². The maximum Gasteiger partial charge on any atom is 0.356 e. The van der Waals surface area contributed by atoms with Crippen molar-refractivity contribution < 1.29 is 22.8 Å². The van der Waals surface area contributed by atoms with E-state index in [0.717, 1.165) is 0 Å². The third-order valence-electron chi connectivity index (χ3n) is 2.42. The Bertz CT molecular complexity index is 413. The minimum atomic E-state index is -3.10. The second kappa shape index (κ2) is 3.48. The number of carbonyl (C=O) groups is 1. The summed E-state index contributed by atoms with van der Waals surface area (Å²) in [5, 5.41) is 3.58.